The third-order valence-corrected chi connectivity index (χ3v) is 3.86. The molecule has 1 aromatic carbocycles. The van der Waals surface area contributed by atoms with Crippen molar-refractivity contribution in [2.75, 3.05) is 0 Å². The Morgan fingerprint density at radius 1 is 1.41 bits per heavy atom. The highest BCUT2D eigenvalue weighted by Crippen LogP contribution is 2.20. The third-order valence-electron chi connectivity index (χ3n) is 2.09. The minimum absolute atomic E-state index is 0.0404. The van der Waals surface area contributed by atoms with Gasteiger partial charge in [0, 0.05) is 5.56 Å². The standard InChI is InChI=1S/C12H15ClFNOS/c1-8(15-17(16)12(2,3)4)9-6-5-7-10(13)11(9)14/h5-7H,1-4H3/t17-/m1/s1. The molecule has 0 radical (unpaired) electrons. The van der Waals surface area contributed by atoms with Crippen LogP contribution in [0.1, 0.15) is 33.3 Å². The number of hydrogen-bond acceptors (Lipinski definition) is 1. The van der Waals surface area contributed by atoms with Crippen LogP contribution in [0.2, 0.25) is 5.02 Å². The predicted molar refractivity (Wildman–Crippen MR) is 71.5 cm³/mol. The van der Waals surface area contributed by atoms with Crippen LogP contribution in [0.3, 0.4) is 0 Å². The van der Waals surface area contributed by atoms with E-state index in [1.807, 2.05) is 20.8 Å². The molecule has 1 atom stereocenters. The number of rotatable bonds is 2. The fourth-order valence-corrected chi connectivity index (χ4v) is 1.89. The zero-order valence-corrected chi connectivity index (χ0v) is 11.8. The molecule has 0 aromatic heterocycles. The zero-order valence-electron chi connectivity index (χ0n) is 10.3. The third kappa shape index (κ3) is 3.61. The summed E-state index contributed by atoms with van der Waals surface area (Å²) < 4.78 is 29.0. The molecule has 0 saturated heterocycles. The van der Waals surface area contributed by atoms with Crippen molar-refractivity contribution in [2.45, 2.75) is 32.4 Å². The van der Waals surface area contributed by atoms with E-state index in [0.717, 1.165) is 0 Å². The quantitative estimate of drug-likeness (QED) is 0.756. The largest absolute Gasteiger partial charge is 0.234 e. The number of benzene rings is 1. The number of nitrogens with zero attached hydrogens (tertiary/aromatic N) is 1. The van der Waals surface area contributed by atoms with Crippen LogP contribution in [0.25, 0.3) is 0 Å². The minimum Gasteiger partial charge on any atom is -0.234 e. The topological polar surface area (TPSA) is 29.4 Å². The molecule has 0 heterocycles. The first kappa shape index (κ1) is 14.3. The molecular weight excluding hydrogens is 261 g/mol. The molecule has 1 rings (SSSR count). The highest BCUT2D eigenvalue weighted by Gasteiger charge is 2.20. The van der Waals surface area contributed by atoms with Gasteiger partial charge in [0.2, 0.25) is 0 Å². The van der Waals surface area contributed by atoms with Crippen molar-refractivity contribution in [3.05, 3.63) is 34.6 Å². The van der Waals surface area contributed by atoms with Crippen LogP contribution < -0.4 is 0 Å². The summed E-state index contributed by atoms with van der Waals surface area (Å²) in [6.07, 6.45) is 0. The highest BCUT2D eigenvalue weighted by molar-refractivity contribution is 7.85. The number of hydrogen-bond donors (Lipinski definition) is 0. The van der Waals surface area contributed by atoms with Crippen molar-refractivity contribution in [2.24, 2.45) is 4.40 Å². The summed E-state index contributed by atoms with van der Waals surface area (Å²) >= 11 is 5.68. The first-order valence-corrected chi connectivity index (χ1v) is 6.63. The second-order valence-corrected chi connectivity index (χ2v) is 6.95. The second-order valence-electron chi connectivity index (χ2n) is 4.64. The molecule has 94 valence electrons. The van der Waals surface area contributed by atoms with Crippen molar-refractivity contribution in [3.8, 4) is 0 Å². The highest BCUT2D eigenvalue weighted by atomic mass is 35.5. The van der Waals surface area contributed by atoms with Crippen LogP contribution in [0.5, 0.6) is 0 Å². The van der Waals surface area contributed by atoms with Gasteiger partial charge in [-0.1, -0.05) is 23.7 Å². The first-order chi connectivity index (χ1) is 7.73. The molecule has 17 heavy (non-hydrogen) atoms. The Balaban J connectivity index is 3.13. The maximum atomic E-state index is 13.7. The van der Waals surface area contributed by atoms with E-state index in [9.17, 15) is 8.60 Å². The zero-order chi connectivity index (χ0) is 13.2. The average Bonchev–Trinajstić information content (AvgIpc) is 2.20. The van der Waals surface area contributed by atoms with Crippen LogP contribution in [-0.2, 0) is 11.0 Å². The van der Waals surface area contributed by atoms with E-state index >= 15 is 0 Å². The Hall–Kier alpha value is -0.740. The van der Waals surface area contributed by atoms with Gasteiger partial charge in [-0.05, 0) is 33.8 Å². The Morgan fingerprint density at radius 2 is 2.00 bits per heavy atom. The molecule has 0 N–H and O–H groups in total. The molecular formula is C12H15ClFNOS. The summed E-state index contributed by atoms with van der Waals surface area (Å²) in [5, 5.41) is 0.0404. The summed E-state index contributed by atoms with van der Waals surface area (Å²) in [7, 11) is -1.40. The lowest BCUT2D eigenvalue weighted by Crippen LogP contribution is -2.20. The lowest BCUT2D eigenvalue weighted by Gasteiger charge is -2.14. The summed E-state index contributed by atoms with van der Waals surface area (Å²) in [5.41, 5.74) is 0.674. The average molecular weight is 276 g/mol. The van der Waals surface area contributed by atoms with E-state index in [4.69, 9.17) is 11.6 Å². The molecule has 0 saturated carbocycles. The van der Waals surface area contributed by atoms with Gasteiger partial charge < -0.3 is 0 Å². The summed E-state index contributed by atoms with van der Waals surface area (Å²) in [4.78, 5) is 0. The van der Waals surface area contributed by atoms with Gasteiger partial charge in [-0.15, -0.1) is 0 Å². The summed E-state index contributed by atoms with van der Waals surface area (Å²) in [6, 6.07) is 4.67. The van der Waals surface area contributed by atoms with Crippen molar-refractivity contribution >= 4 is 28.3 Å². The molecule has 0 aliphatic rings. The van der Waals surface area contributed by atoms with Gasteiger partial charge in [-0.2, -0.15) is 4.40 Å². The lowest BCUT2D eigenvalue weighted by molar-refractivity contribution is 0.625. The summed E-state index contributed by atoms with van der Waals surface area (Å²) in [5.74, 6) is -0.527. The SMILES string of the molecule is CC(=N[S@](=O)C(C)(C)C)c1cccc(Cl)c1F. The molecule has 0 aliphatic heterocycles. The fraction of sp³-hybridized carbons (Fsp3) is 0.417. The lowest BCUT2D eigenvalue weighted by atomic mass is 10.1. The molecule has 0 bridgehead atoms. The maximum absolute atomic E-state index is 13.7. The van der Waals surface area contributed by atoms with E-state index in [1.165, 1.54) is 6.07 Å². The maximum Gasteiger partial charge on any atom is 0.150 e. The van der Waals surface area contributed by atoms with Crippen molar-refractivity contribution in [1.29, 1.82) is 0 Å². The van der Waals surface area contributed by atoms with Crippen molar-refractivity contribution in [1.82, 2.24) is 0 Å². The van der Waals surface area contributed by atoms with Gasteiger partial charge in [-0.3, -0.25) is 0 Å². The molecule has 0 unspecified atom stereocenters. The van der Waals surface area contributed by atoms with Crippen LogP contribution >= 0.6 is 11.6 Å². The van der Waals surface area contributed by atoms with Crippen molar-refractivity contribution in [3.63, 3.8) is 0 Å². The summed E-state index contributed by atoms with van der Waals surface area (Å²) in [6.45, 7) is 7.06. The van der Waals surface area contributed by atoms with Crippen LogP contribution in [-0.4, -0.2) is 14.7 Å². The van der Waals surface area contributed by atoms with Crippen LogP contribution in [0, 0.1) is 5.82 Å². The normalized spacial score (nSPS) is 14.8. The fourth-order valence-electron chi connectivity index (χ4n) is 1.09. The molecule has 0 spiro atoms. The second kappa shape index (κ2) is 5.27. The molecule has 1 aromatic rings. The minimum atomic E-state index is -1.40. The Kier molecular flexibility index (Phi) is 4.44. The number of halogens is 2. The van der Waals surface area contributed by atoms with Gasteiger partial charge >= 0.3 is 0 Å². The Morgan fingerprint density at radius 3 is 2.53 bits per heavy atom. The van der Waals surface area contributed by atoms with Gasteiger partial charge in [0.05, 0.1) is 15.5 Å². The smallest absolute Gasteiger partial charge is 0.150 e. The molecule has 5 heteroatoms. The molecule has 0 aliphatic carbocycles. The van der Waals surface area contributed by atoms with E-state index in [0.29, 0.717) is 5.71 Å². The molecule has 2 nitrogen and oxygen atoms in total. The van der Waals surface area contributed by atoms with Crippen molar-refractivity contribution < 1.29 is 8.60 Å². The van der Waals surface area contributed by atoms with E-state index in [1.54, 1.807) is 19.1 Å². The monoisotopic (exact) mass is 275 g/mol. The van der Waals surface area contributed by atoms with Crippen LogP contribution in [0.15, 0.2) is 22.6 Å². The van der Waals surface area contributed by atoms with E-state index in [-0.39, 0.29) is 10.6 Å². The van der Waals surface area contributed by atoms with E-state index in [2.05, 4.69) is 4.40 Å². The van der Waals surface area contributed by atoms with E-state index < -0.39 is 21.5 Å². The van der Waals surface area contributed by atoms with Crippen LogP contribution in [0.4, 0.5) is 4.39 Å². The predicted octanol–water partition coefficient (Wildman–Crippen LogP) is 3.75. The first-order valence-electron chi connectivity index (χ1n) is 5.15. The Labute approximate surface area is 108 Å². The van der Waals surface area contributed by atoms with Gasteiger partial charge in [0.25, 0.3) is 0 Å². The van der Waals surface area contributed by atoms with Gasteiger partial charge in [0.15, 0.2) is 5.82 Å². The van der Waals surface area contributed by atoms with Gasteiger partial charge in [-0.25, -0.2) is 8.60 Å². The Bertz CT molecular complexity index is 480. The molecule has 0 fully saturated rings. The molecule has 0 amide bonds. The van der Waals surface area contributed by atoms with Gasteiger partial charge in [0.1, 0.15) is 11.0 Å².